The number of carbonyl (C=O) groups excluding carboxylic acids is 2. The van der Waals surface area contributed by atoms with E-state index in [1.165, 1.54) is 6.20 Å². The Balaban J connectivity index is 0.00000387. The summed E-state index contributed by atoms with van der Waals surface area (Å²) in [6.07, 6.45) is 6.43. The van der Waals surface area contributed by atoms with E-state index in [0.717, 1.165) is 29.5 Å². The zero-order valence-corrected chi connectivity index (χ0v) is 23.1. The summed E-state index contributed by atoms with van der Waals surface area (Å²) < 4.78 is 0. The van der Waals surface area contributed by atoms with Gasteiger partial charge in [0.15, 0.2) is 0 Å². The van der Waals surface area contributed by atoms with Gasteiger partial charge in [-0.3, -0.25) is 14.5 Å². The second kappa shape index (κ2) is 13.3. The number of aromatic amines is 2. The number of aromatic nitrogens is 6. The van der Waals surface area contributed by atoms with E-state index < -0.39 is 17.6 Å². The van der Waals surface area contributed by atoms with Gasteiger partial charge in [0.05, 0.1) is 0 Å². The van der Waals surface area contributed by atoms with Gasteiger partial charge in [-0.1, -0.05) is 24.3 Å². The zero-order valence-electron chi connectivity index (χ0n) is 22.3. The molecular formula is C28H32ClN9O3. The molecular weight excluding hydrogens is 546 g/mol. The molecule has 0 aliphatic heterocycles. The molecule has 1 atom stereocenters. The lowest BCUT2D eigenvalue weighted by atomic mass is 9.81. The first-order valence-corrected chi connectivity index (χ1v) is 13.2. The van der Waals surface area contributed by atoms with Crippen molar-refractivity contribution >= 4 is 29.9 Å². The largest absolute Gasteiger partial charge is 0.368 e. The number of benzene rings is 2. The molecule has 0 radical (unpaired) electrons. The average molecular weight is 578 g/mol. The van der Waals surface area contributed by atoms with Crippen LogP contribution in [0.25, 0.3) is 22.5 Å². The minimum absolute atomic E-state index is 0. The number of halogens is 1. The molecule has 4 aromatic rings. The van der Waals surface area contributed by atoms with E-state index in [1.54, 1.807) is 35.4 Å². The summed E-state index contributed by atoms with van der Waals surface area (Å²) in [5, 5.41) is 14.0. The topological polar surface area (TPSA) is 190 Å². The molecule has 0 bridgehead atoms. The fourth-order valence-electron chi connectivity index (χ4n) is 5.28. The number of primary amides is 1. The Bertz CT molecular complexity index is 1500. The van der Waals surface area contributed by atoms with Crippen molar-refractivity contribution in [2.24, 2.45) is 23.3 Å². The van der Waals surface area contributed by atoms with Crippen LogP contribution < -0.4 is 22.1 Å². The lowest BCUT2D eigenvalue weighted by Crippen LogP contribution is -2.52. The highest BCUT2D eigenvalue weighted by Crippen LogP contribution is 2.33. The smallest absolute Gasteiger partial charge is 0.344 e. The van der Waals surface area contributed by atoms with Crippen LogP contribution in [0.5, 0.6) is 0 Å². The van der Waals surface area contributed by atoms with Crippen molar-refractivity contribution in [3.05, 3.63) is 77.0 Å². The third kappa shape index (κ3) is 6.84. The van der Waals surface area contributed by atoms with Crippen molar-refractivity contribution in [2.45, 2.75) is 38.1 Å². The van der Waals surface area contributed by atoms with Crippen molar-refractivity contribution in [3.63, 3.8) is 0 Å². The highest BCUT2D eigenvalue weighted by Gasteiger charge is 2.36. The summed E-state index contributed by atoms with van der Waals surface area (Å²) in [5.41, 5.74) is 15.0. The highest BCUT2D eigenvalue weighted by atomic mass is 35.5. The van der Waals surface area contributed by atoms with Crippen LogP contribution in [0.3, 0.4) is 0 Å². The number of nitrogens with two attached hydrogens (primary N) is 2. The highest BCUT2D eigenvalue weighted by molar-refractivity contribution is 6.01. The molecule has 12 nitrogen and oxygen atoms in total. The SMILES string of the molecule is Cl.NCC1CCC(C(=O)N(c2ccc(-c3nn[nH]n3)cc2)[C@@H](Cc2cccc(-c3cnc(=O)[nH]c3)c2)C(N)=O)CC1. The molecule has 0 unspecified atom stereocenters. The summed E-state index contributed by atoms with van der Waals surface area (Å²) in [6, 6.07) is 13.7. The molecule has 13 heteroatoms. The van der Waals surface area contributed by atoms with Gasteiger partial charge in [0, 0.05) is 41.5 Å². The maximum atomic E-state index is 14.1. The van der Waals surface area contributed by atoms with Gasteiger partial charge in [0.25, 0.3) is 0 Å². The fourth-order valence-corrected chi connectivity index (χ4v) is 5.28. The Kier molecular flexibility index (Phi) is 9.58. The molecule has 6 N–H and O–H groups in total. The molecule has 2 heterocycles. The summed E-state index contributed by atoms with van der Waals surface area (Å²) in [6.45, 7) is 0.604. The summed E-state index contributed by atoms with van der Waals surface area (Å²) >= 11 is 0. The van der Waals surface area contributed by atoms with E-state index >= 15 is 0 Å². The number of anilines is 1. The minimum atomic E-state index is -0.931. The van der Waals surface area contributed by atoms with Gasteiger partial charge in [-0.2, -0.15) is 5.21 Å². The van der Waals surface area contributed by atoms with Crippen LogP contribution in [0, 0.1) is 11.8 Å². The van der Waals surface area contributed by atoms with Crippen LogP contribution >= 0.6 is 12.4 Å². The van der Waals surface area contributed by atoms with Gasteiger partial charge in [0.2, 0.25) is 17.6 Å². The van der Waals surface area contributed by atoms with E-state index in [4.69, 9.17) is 11.5 Å². The summed E-state index contributed by atoms with van der Waals surface area (Å²) in [5.74, 6) is -0.150. The lowest BCUT2D eigenvalue weighted by Gasteiger charge is -2.35. The third-order valence-corrected chi connectivity index (χ3v) is 7.52. The predicted octanol–water partition coefficient (Wildman–Crippen LogP) is 2.23. The van der Waals surface area contributed by atoms with Crippen LogP contribution in [0.2, 0.25) is 0 Å². The summed E-state index contributed by atoms with van der Waals surface area (Å²) in [7, 11) is 0. The molecule has 1 aliphatic carbocycles. The number of nitrogens with zero attached hydrogens (tertiary/aromatic N) is 5. The van der Waals surface area contributed by atoms with Crippen molar-refractivity contribution in [2.75, 3.05) is 11.4 Å². The van der Waals surface area contributed by atoms with E-state index in [0.29, 0.717) is 42.4 Å². The van der Waals surface area contributed by atoms with E-state index in [-0.39, 0.29) is 30.7 Å². The molecule has 1 saturated carbocycles. The van der Waals surface area contributed by atoms with Crippen molar-refractivity contribution in [1.82, 2.24) is 30.6 Å². The number of amides is 2. The number of carbonyl (C=O) groups is 2. The number of rotatable bonds is 9. The molecule has 5 rings (SSSR count). The van der Waals surface area contributed by atoms with Crippen LogP contribution in [-0.2, 0) is 16.0 Å². The Hall–Kier alpha value is -4.42. The third-order valence-electron chi connectivity index (χ3n) is 7.52. The molecule has 2 amide bonds. The number of hydrogen-bond donors (Lipinski definition) is 4. The molecule has 0 spiro atoms. The monoisotopic (exact) mass is 577 g/mol. The first kappa shape index (κ1) is 29.6. The molecule has 2 aromatic carbocycles. The second-order valence-corrected chi connectivity index (χ2v) is 10.1. The number of nitrogens with one attached hydrogen (secondary N) is 2. The number of H-pyrrole nitrogens is 2. The van der Waals surface area contributed by atoms with Gasteiger partial charge >= 0.3 is 5.69 Å². The first-order chi connectivity index (χ1) is 19.4. The van der Waals surface area contributed by atoms with Crippen LogP contribution in [0.15, 0.2) is 65.7 Å². The molecule has 0 saturated heterocycles. The van der Waals surface area contributed by atoms with Crippen molar-refractivity contribution in [1.29, 1.82) is 0 Å². The van der Waals surface area contributed by atoms with Gasteiger partial charge in [-0.25, -0.2) is 9.78 Å². The second-order valence-electron chi connectivity index (χ2n) is 10.1. The maximum Gasteiger partial charge on any atom is 0.344 e. The number of tetrazole rings is 1. The van der Waals surface area contributed by atoms with Gasteiger partial charge in [-0.15, -0.1) is 22.6 Å². The minimum Gasteiger partial charge on any atom is -0.368 e. The number of hydrogen-bond acceptors (Lipinski definition) is 8. The fraction of sp³-hybridized carbons (Fsp3) is 0.321. The molecule has 1 aliphatic rings. The van der Waals surface area contributed by atoms with Gasteiger partial charge < -0.3 is 16.5 Å². The van der Waals surface area contributed by atoms with Crippen molar-refractivity contribution in [3.8, 4) is 22.5 Å². The zero-order chi connectivity index (χ0) is 28.1. The van der Waals surface area contributed by atoms with E-state index in [2.05, 4.69) is 30.6 Å². The quantitative estimate of drug-likeness (QED) is 0.233. The summed E-state index contributed by atoms with van der Waals surface area (Å²) in [4.78, 5) is 46.4. The van der Waals surface area contributed by atoms with Gasteiger partial charge in [-0.05, 0) is 78.8 Å². The Morgan fingerprint density at radius 2 is 1.78 bits per heavy atom. The predicted molar refractivity (Wildman–Crippen MR) is 156 cm³/mol. The van der Waals surface area contributed by atoms with Crippen LogP contribution in [0.1, 0.15) is 31.2 Å². The maximum absolute atomic E-state index is 14.1. The Labute approximate surface area is 242 Å². The Morgan fingerprint density at radius 1 is 1.02 bits per heavy atom. The lowest BCUT2D eigenvalue weighted by molar-refractivity contribution is -0.127. The normalized spacial score (nSPS) is 17.3. The van der Waals surface area contributed by atoms with E-state index in [9.17, 15) is 14.4 Å². The average Bonchev–Trinajstić information content (AvgIpc) is 3.53. The van der Waals surface area contributed by atoms with Crippen molar-refractivity contribution < 1.29 is 9.59 Å². The molecule has 214 valence electrons. The molecule has 41 heavy (non-hydrogen) atoms. The Morgan fingerprint density at radius 3 is 2.39 bits per heavy atom. The van der Waals surface area contributed by atoms with Gasteiger partial charge in [0.1, 0.15) is 6.04 Å². The molecule has 1 fully saturated rings. The van der Waals surface area contributed by atoms with Crippen LogP contribution in [0.4, 0.5) is 5.69 Å². The standard InChI is InChI=1S/C28H31N9O3.ClH/c29-14-17-4-6-20(7-5-17)27(39)37(23-10-8-19(9-11-23)26-33-35-36-34-26)24(25(30)38)13-18-2-1-3-21(12-18)22-15-31-28(40)32-16-22;/h1-3,8-12,15-17,20,24H,4-7,13-14,29H2,(H2,30,38)(H,31,32,40)(H,33,34,35,36);1H/t17?,20?,24-;/m0./s1. The first-order valence-electron chi connectivity index (χ1n) is 13.2. The van der Waals surface area contributed by atoms with Crippen LogP contribution in [-0.4, -0.2) is 55.0 Å². The van der Waals surface area contributed by atoms with E-state index in [1.807, 2.05) is 24.3 Å². The molecule has 2 aromatic heterocycles.